The van der Waals surface area contributed by atoms with E-state index in [4.69, 9.17) is 4.74 Å². The summed E-state index contributed by atoms with van der Waals surface area (Å²) < 4.78 is 5.18. The van der Waals surface area contributed by atoms with Gasteiger partial charge < -0.3 is 10.1 Å². The molecule has 0 amide bonds. The lowest BCUT2D eigenvalue weighted by molar-refractivity contribution is 0.126. The van der Waals surface area contributed by atoms with E-state index in [0.717, 1.165) is 5.70 Å². The molecule has 1 aromatic rings. The summed E-state index contributed by atoms with van der Waals surface area (Å²) in [6.07, 6.45) is 6.05. The van der Waals surface area contributed by atoms with E-state index in [9.17, 15) is 0 Å². The summed E-state index contributed by atoms with van der Waals surface area (Å²) in [6, 6.07) is 2.09. The summed E-state index contributed by atoms with van der Waals surface area (Å²) in [4.78, 5) is 0. The highest BCUT2D eigenvalue weighted by Crippen LogP contribution is 2.18. The Morgan fingerprint density at radius 3 is 3.15 bits per heavy atom. The van der Waals surface area contributed by atoms with Crippen LogP contribution >= 0.6 is 11.3 Å². The lowest BCUT2D eigenvalue weighted by atomic mass is 10.2. The molecule has 1 unspecified atom stereocenters. The summed E-state index contributed by atoms with van der Waals surface area (Å²) in [7, 11) is 1.69. The van der Waals surface area contributed by atoms with Crippen LogP contribution in [-0.4, -0.2) is 13.3 Å². The molecule has 3 heteroatoms. The van der Waals surface area contributed by atoms with Gasteiger partial charge in [0.05, 0.1) is 0 Å². The highest BCUT2D eigenvalue weighted by Gasteiger charge is 2.09. The Bertz CT molecular complexity index is 327. The molecular weight excluding hydrogens is 182 g/mol. The van der Waals surface area contributed by atoms with Crippen molar-refractivity contribution in [1.82, 2.24) is 5.32 Å². The second-order valence-electron chi connectivity index (χ2n) is 2.78. The fourth-order valence-corrected chi connectivity index (χ4v) is 1.89. The van der Waals surface area contributed by atoms with Crippen molar-refractivity contribution in [3.05, 3.63) is 40.6 Å². The third-order valence-electron chi connectivity index (χ3n) is 1.93. The van der Waals surface area contributed by atoms with Crippen molar-refractivity contribution < 1.29 is 4.74 Å². The number of ether oxygens (including phenoxy) is 1. The largest absolute Gasteiger partial charge is 0.358 e. The first-order chi connectivity index (χ1) is 6.40. The Morgan fingerprint density at radius 2 is 2.46 bits per heavy atom. The zero-order valence-electron chi connectivity index (χ0n) is 7.36. The minimum atomic E-state index is -0.0000926. The Hall–Kier alpha value is -1.06. The number of thiophene rings is 1. The maximum Gasteiger partial charge on any atom is 0.146 e. The summed E-state index contributed by atoms with van der Waals surface area (Å²) in [5.74, 6) is 0. The van der Waals surface area contributed by atoms with E-state index in [-0.39, 0.29) is 6.23 Å². The monoisotopic (exact) mass is 193 g/mol. The molecule has 2 nitrogen and oxygen atoms in total. The highest BCUT2D eigenvalue weighted by molar-refractivity contribution is 7.08. The molecule has 0 aromatic carbocycles. The average molecular weight is 193 g/mol. The molecule has 0 bridgehead atoms. The molecule has 1 aromatic heterocycles. The molecule has 0 radical (unpaired) electrons. The topological polar surface area (TPSA) is 21.3 Å². The van der Waals surface area contributed by atoms with Gasteiger partial charge >= 0.3 is 0 Å². The van der Waals surface area contributed by atoms with Gasteiger partial charge in [-0.2, -0.15) is 11.3 Å². The number of hydrogen-bond donors (Lipinski definition) is 1. The third kappa shape index (κ3) is 1.82. The lowest BCUT2D eigenvalue weighted by Crippen LogP contribution is -2.28. The fraction of sp³-hybridized carbons (Fsp3) is 0.200. The van der Waals surface area contributed by atoms with Crippen LogP contribution in [0, 0.1) is 0 Å². The number of methoxy groups -OCH3 is 1. The summed E-state index contributed by atoms with van der Waals surface area (Å²) in [6.45, 7) is 0. The number of nitrogens with one attached hydrogen (secondary N) is 1. The predicted octanol–water partition coefficient (Wildman–Crippen LogP) is 2.22. The van der Waals surface area contributed by atoms with E-state index in [1.54, 1.807) is 18.4 Å². The zero-order chi connectivity index (χ0) is 9.10. The number of hydrogen-bond acceptors (Lipinski definition) is 3. The lowest BCUT2D eigenvalue weighted by Gasteiger charge is -2.19. The molecule has 2 heterocycles. The molecule has 13 heavy (non-hydrogen) atoms. The first-order valence-corrected chi connectivity index (χ1v) is 5.05. The molecule has 0 saturated carbocycles. The maximum atomic E-state index is 5.18. The van der Waals surface area contributed by atoms with Crippen LogP contribution in [0.15, 0.2) is 35.1 Å². The highest BCUT2D eigenvalue weighted by atomic mass is 32.1. The van der Waals surface area contributed by atoms with Crippen molar-refractivity contribution in [2.75, 3.05) is 7.11 Å². The normalized spacial score (nSPS) is 21.0. The van der Waals surface area contributed by atoms with Crippen LogP contribution in [0.5, 0.6) is 0 Å². The SMILES string of the molecule is COC1C=CC=C(c2ccsc2)N1. The van der Waals surface area contributed by atoms with Crippen molar-refractivity contribution in [2.45, 2.75) is 6.23 Å². The summed E-state index contributed by atoms with van der Waals surface area (Å²) in [5.41, 5.74) is 2.34. The van der Waals surface area contributed by atoms with Crippen molar-refractivity contribution >= 4 is 17.0 Å². The second kappa shape index (κ2) is 3.77. The maximum absolute atomic E-state index is 5.18. The smallest absolute Gasteiger partial charge is 0.146 e. The quantitative estimate of drug-likeness (QED) is 0.777. The molecule has 0 saturated heterocycles. The van der Waals surface area contributed by atoms with Crippen molar-refractivity contribution in [3.63, 3.8) is 0 Å². The predicted molar refractivity (Wildman–Crippen MR) is 55.4 cm³/mol. The summed E-state index contributed by atoms with van der Waals surface area (Å²) >= 11 is 1.70. The molecule has 0 aliphatic carbocycles. The van der Waals surface area contributed by atoms with Gasteiger partial charge in [-0.15, -0.1) is 0 Å². The van der Waals surface area contributed by atoms with E-state index >= 15 is 0 Å². The number of dihydropyridines is 1. The van der Waals surface area contributed by atoms with Gasteiger partial charge in [-0.25, -0.2) is 0 Å². The molecule has 1 aliphatic heterocycles. The molecule has 68 valence electrons. The van der Waals surface area contributed by atoms with Crippen LogP contribution in [0.3, 0.4) is 0 Å². The van der Waals surface area contributed by atoms with E-state index in [2.05, 4.69) is 28.2 Å². The van der Waals surface area contributed by atoms with Gasteiger partial charge in [-0.3, -0.25) is 0 Å². The van der Waals surface area contributed by atoms with Gasteiger partial charge in [0, 0.05) is 23.8 Å². The molecule has 1 N–H and O–H groups in total. The number of rotatable bonds is 2. The van der Waals surface area contributed by atoms with Crippen LogP contribution in [-0.2, 0) is 4.74 Å². The molecule has 1 aliphatic rings. The van der Waals surface area contributed by atoms with E-state index in [0.29, 0.717) is 0 Å². The Labute approximate surface area is 81.5 Å². The van der Waals surface area contributed by atoms with Crippen LogP contribution in [0.4, 0.5) is 0 Å². The Kier molecular flexibility index (Phi) is 2.47. The van der Waals surface area contributed by atoms with Crippen molar-refractivity contribution in [2.24, 2.45) is 0 Å². The van der Waals surface area contributed by atoms with Gasteiger partial charge in [0.15, 0.2) is 0 Å². The van der Waals surface area contributed by atoms with Gasteiger partial charge in [0.25, 0.3) is 0 Å². The van der Waals surface area contributed by atoms with Crippen LogP contribution in [0.1, 0.15) is 5.56 Å². The molecule has 2 rings (SSSR count). The minimum Gasteiger partial charge on any atom is -0.358 e. The first kappa shape index (κ1) is 8.53. The van der Waals surface area contributed by atoms with E-state index < -0.39 is 0 Å². The van der Waals surface area contributed by atoms with Crippen molar-refractivity contribution in [3.8, 4) is 0 Å². The first-order valence-electron chi connectivity index (χ1n) is 4.10. The third-order valence-corrected chi connectivity index (χ3v) is 2.62. The van der Waals surface area contributed by atoms with Gasteiger partial charge in [0.1, 0.15) is 6.23 Å². The molecule has 1 atom stereocenters. The van der Waals surface area contributed by atoms with Gasteiger partial charge in [-0.1, -0.05) is 6.08 Å². The second-order valence-corrected chi connectivity index (χ2v) is 3.56. The van der Waals surface area contributed by atoms with Crippen molar-refractivity contribution in [1.29, 1.82) is 0 Å². The van der Waals surface area contributed by atoms with Crippen LogP contribution < -0.4 is 5.32 Å². The van der Waals surface area contributed by atoms with Crippen LogP contribution in [0.2, 0.25) is 0 Å². The Morgan fingerprint density at radius 1 is 1.54 bits per heavy atom. The van der Waals surface area contributed by atoms with Gasteiger partial charge in [-0.05, 0) is 23.6 Å². The molecule has 0 spiro atoms. The number of allylic oxidation sites excluding steroid dienone is 2. The summed E-state index contributed by atoms with van der Waals surface area (Å²) in [5, 5.41) is 7.45. The fourth-order valence-electron chi connectivity index (χ4n) is 1.24. The average Bonchev–Trinajstić information content (AvgIpc) is 2.71. The van der Waals surface area contributed by atoms with E-state index in [1.165, 1.54) is 5.56 Å². The van der Waals surface area contributed by atoms with E-state index in [1.807, 2.05) is 12.2 Å². The molecular formula is C10H11NOS. The zero-order valence-corrected chi connectivity index (χ0v) is 8.17. The minimum absolute atomic E-state index is 0.0000926. The molecule has 0 fully saturated rings. The van der Waals surface area contributed by atoms with Crippen LogP contribution in [0.25, 0.3) is 5.70 Å². The Balaban J connectivity index is 2.18. The standard InChI is InChI=1S/C10H11NOS/c1-12-10-4-2-3-9(11-10)8-5-6-13-7-8/h2-7,10-11H,1H3. The van der Waals surface area contributed by atoms with Gasteiger partial charge in [0.2, 0.25) is 0 Å².